The molecule has 118 valence electrons. The molecule has 1 aromatic rings. The Kier molecular flexibility index (Phi) is 4.38. The number of pyridine rings is 1. The van der Waals surface area contributed by atoms with E-state index in [1.165, 1.54) is 0 Å². The number of Topliss-reactive ketones (excluding diaryl/α,β-unsaturated/α-hetero) is 1. The van der Waals surface area contributed by atoms with Gasteiger partial charge in [0.2, 0.25) is 0 Å². The zero-order chi connectivity index (χ0) is 15.5. The van der Waals surface area contributed by atoms with Gasteiger partial charge in [0.15, 0.2) is 0 Å². The molecule has 6 heteroatoms. The van der Waals surface area contributed by atoms with Crippen molar-refractivity contribution in [3.05, 3.63) is 24.0 Å². The zero-order valence-corrected chi connectivity index (χ0v) is 12.7. The summed E-state index contributed by atoms with van der Waals surface area (Å²) < 4.78 is 10.2. The summed E-state index contributed by atoms with van der Waals surface area (Å²) in [4.78, 5) is 29.2. The van der Waals surface area contributed by atoms with E-state index in [9.17, 15) is 9.59 Å². The summed E-state index contributed by atoms with van der Waals surface area (Å²) in [5.74, 6) is 0.690. The number of carbonyl (C=O) groups is 2. The van der Waals surface area contributed by atoms with Gasteiger partial charge < -0.3 is 9.47 Å². The summed E-state index contributed by atoms with van der Waals surface area (Å²) in [5, 5.41) is 0. The summed E-state index contributed by atoms with van der Waals surface area (Å²) in [5.41, 5.74) is 1.73. The molecule has 3 rings (SSSR count). The smallest absolute Gasteiger partial charge is 0.414 e. The molecular formula is C16H20N2O4. The fourth-order valence-electron chi connectivity index (χ4n) is 3.04. The molecule has 1 aromatic heterocycles. The Hall–Kier alpha value is -1.95. The highest BCUT2D eigenvalue weighted by Gasteiger charge is 2.32. The van der Waals surface area contributed by atoms with Crippen LogP contribution in [0.1, 0.15) is 37.3 Å². The fourth-order valence-corrected chi connectivity index (χ4v) is 3.04. The van der Waals surface area contributed by atoms with Crippen molar-refractivity contribution in [2.75, 3.05) is 25.2 Å². The third-order valence-corrected chi connectivity index (χ3v) is 4.27. The minimum Gasteiger partial charge on any atom is -0.441 e. The third kappa shape index (κ3) is 3.11. The van der Waals surface area contributed by atoms with Gasteiger partial charge in [0.1, 0.15) is 11.9 Å². The molecule has 2 heterocycles. The number of amides is 1. The second-order valence-corrected chi connectivity index (χ2v) is 5.83. The third-order valence-electron chi connectivity index (χ3n) is 4.27. The van der Waals surface area contributed by atoms with Crippen LogP contribution in [0, 0.1) is 0 Å². The summed E-state index contributed by atoms with van der Waals surface area (Å²) in [6.45, 7) is 0.871. The van der Waals surface area contributed by atoms with E-state index >= 15 is 0 Å². The maximum Gasteiger partial charge on any atom is 0.414 e. The van der Waals surface area contributed by atoms with Crippen LogP contribution in [-0.4, -0.2) is 43.2 Å². The van der Waals surface area contributed by atoms with E-state index in [1.807, 2.05) is 12.1 Å². The van der Waals surface area contributed by atoms with Gasteiger partial charge in [-0.15, -0.1) is 0 Å². The lowest BCUT2D eigenvalue weighted by Crippen LogP contribution is -2.26. The second-order valence-electron chi connectivity index (χ2n) is 5.83. The molecule has 0 unspecified atom stereocenters. The number of hydrogen-bond acceptors (Lipinski definition) is 5. The molecule has 6 nitrogen and oxygen atoms in total. The van der Waals surface area contributed by atoms with Gasteiger partial charge in [0.25, 0.3) is 0 Å². The fraction of sp³-hybridized carbons (Fsp3) is 0.562. The molecule has 0 aromatic carbocycles. The van der Waals surface area contributed by atoms with E-state index in [1.54, 1.807) is 18.2 Å². The van der Waals surface area contributed by atoms with Crippen LogP contribution in [0.25, 0.3) is 0 Å². The van der Waals surface area contributed by atoms with Gasteiger partial charge >= 0.3 is 6.09 Å². The maximum absolute atomic E-state index is 11.9. The quantitative estimate of drug-likeness (QED) is 0.853. The summed E-state index contributed by atoms with van der Waals surface area (Å²) in [6, 6.07) is 3.85. The number of ether oxygens (including phenoxy) is 2. The highest BCUT2D eigenvalue weighted by atomic mass is 16.6. The lowest BCUT2D eigenvalue weighted by Gasteiger charge is -2.21. The number of rotatable bonds is 4. The van der Waals surface area contributed by atoms with Crippen molar-refractivity contribution in [1.82, 2.24) is 4.98 Å². The second kappa shape index (κ2) is 6.44. The van der Waals surface area contributed by atoms with Crippen LogP contribution in [0.15, 0.2) is 18.3 Å². The van der Waals surface area contributed by atoms with Gasteiger partial charge in [-0.05, 0) is 25.0 Å². The molecule has 0 radical (unpaired) electrons. The lowest BCUT2D eigenvalue weighted by atomic mass is 9.86. The summed E-state index contributed by atoms with van der Waals surface area (Å²) in [7, 11) is 1.59. The standard InChI is InChI=1S/C16H20N2O4/c1-21-10-14-9-18(16(20)22-14)12-4-7-15(17-8-12)11-2-5-13(19)6-3-11/h4,7-8,11,14H,2-3,5-6,9-10H2,1H3/t14-/m0/s1. The Labute approximate surface area is 129 Å². The number of nitrogens with zero attached hydrogens (tertiary/aromatic N) is 2. The van der Waals surface area contributed by atoms with E-state index < -0.39 is 0 Å². The first-order valence-corrected chi connectivity index (χ1v) is 7.62. The Bertz CT molecular complexity index is 548. The molecule has 1 saturated heterocycles. The van der Waals surface area contributed by atoms with Crippen LogP contribution in [-0.2, 0) is 14.3 Å². The Balaban J connectivity index is 1.66. The molecule has 2 aliphatic rings. The average molecular weight is 304 g/mol. The minimum atomic E-state index is -0.361. The molecular weight excluding hydrogens is 284 g/mol. The van der Waals surface area contributed by atoms with Gasteiger partial charge in [0.05, 0.1) is 25.0 Å². The number of methoxy groups -OCH3 is 1. The van der Waals surface area contributed by atoms with E-state index in [4.69, 9.17) is 9.47 Å². The van der Waals surface area contributed by atoms with Crippen LogP contribution < -0.4 is 4.90 Å². The predicted molar refractivity (Wildman–Crippen MR) is 79.9 cm³/mol. The number of anilines is 1. The first-order valence-electron chi connectivity index (χ1n) is 7.62. The topological polar surface area (TPSA) is 68.7 Å². The largest absolute Gasteiger partial charge is 0.441 e. The Morgan fingerprint density at radius 3 is 2.73 bits per heavy atom. The normalized spacial score (nSPS) is 23.0. The summed E-state index contributed by atoms with van der Waals surface area (Å²) in [6.07, 6.45) is 4.14. The number of carbonyl (C=O) groups excluding carboxylic acids is 2. The van der Waals surface area contributed by atoms with Gasteiger partial charge in [0, 0.05) is 31.6 Å². The van der Waals surface area contributed by atoms with Gasteiger partial charge in [-0.3, -0.25) is 14.7 Å². The van der Waals surface area contributed by atoms with Crippen LogP contribution in [0.3, 0.4) is 0 Å². The van der Waals surface area contributed by atoms with Crippen LogP contribution >= 0.6 is 0 Å². The van der Waals surface area contributed by atoms with Crippen molar-refractivity contribution in [3.63, 3.8) is 0 Å². The number of aromatic nitrogens is 1. The highest BCUT2D eigenvalue weighted by Crippen LogP contribution is 2.31. The van der Waals surface area contributed by atoms with Crippen molar-refractivity contribution in [1.29, 1.82) is 0 Å². The highest BCUT2D eigenvalue weighted by molar-refractivity contribution is 5.89. The molecule has 1 atom stereocenters. The van der Waals surface area contributed by atoms with Crippen molar-refractivity contribution in [2.45, 2.75) is 37.7 Å². The SMILES string of the molecule is COC[C@@H]1CN(c2ccc(C3CCC(=O)CC3)nc2)C(=O)O1. The number of ketones is 1. The van der Waals surface area contributed by atoms with Gasteiger partial charge in [-0.2, -0.15) is 0 Å². The number of cyclic esters (lactones) is 1. The van der Waals surface area contributed by atoms with Gasteiger partial charge in [-0.1, -0.05) is 0 Å². The Morgan fingerprint density at radius 1 is 1.32 bits per heavy atom. The first-order chi connectivity index (χ1) is 10.7. The molecule has 2 fully saturated rings. The van der Waals surface area contributed by atoms with Crippen molar-refractivity contribution < 1.29 is 19.1 Å². The summed E-state index contributed by atoms with van der Waals surface area (Å²) >= 11 is 0. The van der Waals surface area contributed by atoms with E-state index in [2.05, 4.69) is 4.98 Å². The zero-order valence-electron chi connectivity index (χ0n) is 12.7. The van der Waals surface area contributed by atoms with Crippen molar-refractivity contribution in [2.24, 2.45) is 0 Å². The molecule has 0 bridgehead atoms. The monoisotopic (exact) mass is 304 g/mol. The predicted octanol–water partition coefficient (Wildman–Crippen LogP) is 2.28. The molecule has 22 heavy (non-hydrogen) atoms. The molecule has 1 aliphatic heterocycles. The average Bonchev–Trinajstić information content (AvgIpc) is 2.89. The van der Waals surface area contributed by atoms with Crippen LogP contribution in [0.4, 0.5) is 10.5 Å². The van der Waals surface area contributed by atoms with Crippen molar-refractivity contribution in [3.8, 4) is 0 Å². The molecule has 1 aliphatic carbocycles. The molecule has 0 N–H and O–H groups in total. The van der Waals surface area contributed by atoms with E-state index in [0.717, 1.165) is 24.2 Å². The number of hydrogen-bond donors (Lipinski definition) is 0. The van der Waals surface area contributed by atoms with Crippen molar-refractivity contribution >= 4 is 17.6 Å². The van der Waals surface area contributed by atoms with E-state index in [0.29, 0.717) is 37.7 Å². The Morgan fingerprint density at radius 2 is 2.09 bits per heavy atom. The molecule has 1 amide bonds. The minimum absolute atomic E-state index is 0.235. The molecule has 0 spiro atoms. The van der Waals surface area contributed by atoms with Crippen LogP contribution in [0.5, 0.6) is 0 Å². The van der Waals surface area contributed by atoms with Gasteiger partial charge in [-0.25, -0.2) is 4.79 Å². The lowest BCUT2D eigenvalue weighted by molar-refractivity contribution is -0.120. The first kappa shape index (κ1) is 15.0. The van der Waals surface area contributed by atoms with E-state index in [-0.39, 0.29) is 12.2 Å². The molecule has 1 saturated carbocycles. The maximum atomic E-state index is 11.9. The van der Waals surface area contributed by atoms with Crippen LogP contribution in [0.2, 0.25) is 0 Å².